The molecule has 0 unspecified atom stereocenters. The predicted octanol–water partition coefficient (Wildman–Crippen LogP) is 2.73. The number of pyridine rings is 1. The molecule has 3 aromatic heterocycles. The average molecular weight is 583 g/mol. The number of halogens is 3. The van der Waals surface area contributed by atoms with E-state index in [0.29, 0.717) is 11.0 Å². The monoisotopic (exact) mass is 582 g/mol. The first-order chi connectivity index (χ1) is 19.6. The van der Waals surface area contributed by atoms with E-state index >= 15 is 4.39 Å². The summed E-state index contributed by atoms with van der Waals surface area (Å²) in [7, 11) is 1.40. The number of para-hydroxylation sites is 2. The number of fused-ring (bicyclic) bond motifs is 1. The fraction of sp³-hybridized carbons (Fsp3) is 0.0800. The molecule has 0 spiro atoms. The molecule has 0 aliphatic heterocycles. The highest BCUT2D eigenvalue weighted by atomic mass is 35.5. The van der Waals surface area contributed by atoms with Crippen molar-refractivity contribution in [3.8, 4) is 11.1 Å². The van der Waals surface area contributed by atoms with E-state index in [1.54, 1.807) is 24.3 Å². The zero-order valence-electron chi connectivity index (χ0n) is 21.2. The molecule has 0 fully saturated rings. The molecular weight excluding hydrogens is 562 g/mol. The summed E-state index contributed by atoms with van der Waals surface area (Å²) in [6.45, 7) is -0.150. The van der Waals surface area contributed by atoms with Gasteiger partial charge in [0.2, 0.25) is 11.7 Å². The van der Waals surface area contributed by atoms with Crippen LogP contribution in [0.4, 0.5) is 14.7 Å². The Hall–Kier alpha value is -5.28. The van der Waals surface area contributed by atoms with Gasteiger partial charge in [0.05, 0.1) is 34.9 Å². The van der Waals surface area contributed by atoms with Gasteiger partial charge in [-0.05, 0) is 35.9 Å². The number of imidazole rings is 1. The fourth-order valence-corrected chi connectivity index (χ4v) is 4.20. The van der Waals surface area contributed by atoms with Crippen LogP contribution in [-0.4, -0.2) is 43.7 Å². The number of rotatable bonds is 8. The molecule has 210 valence electrons. The van der Waals surface area contributed by atoms with Gasteiger partial charge in [-0.1, -0.05) is 23.7 Å². The number of amidine groups is 1. The molecular formula is C25H21ClF2N10O3. The Morgan fingerprint density at radius 2 is 2.00 bits per heavy atom. The Kier molecular flexibility index (Phi) is 7.37. The minimum Gasteiger partial charge on any atom is -0.382 e. The number of amides is 1. The fourth-order valence-electron chi connectivity index (χ4n) is 4.00. The number of hydrogen-bond donors (Lipinski definition) is 5. The molecule has 5 rings (SSSR count). The van der Waals surface area contributed by atoms with Crippen LogP contribution in [0.25, 0.3) is 22.2 Å². The minimum atomic E-state index is -0.776. The molecule has 0 aliphatic rings. The number of anilines is 1. The summed E-state index contributed by atoms with van der Waals surface area (Å²) < 4.78 is 36.3. The Morgan fingerprint density at radius 1 is 1.22 bits per heavy atom. The van der Waals surface area contributed by atoms with Crippen molar-refractivity contribution in [1.29, 1.82) is 0 Å². The largest absolute Gasteiger partial charge is 0.382 e. The normalized spacial score (nSPS) is 11.6. The SMILES string of the molecule is CN(N)/N=C(\N)c1c(F)cc(Cl)cc1-c1cnc(CNc2nc3ccccc3n2NC(=O)c2cc(=O)[nH]o2)c(F)c1. The van der Waals surface area contributed by atoms with Crippen LogP contribution in [-0.2, 0) is 6.54 Å². The Morgan fingerprint density at radius 3 is 2.71 bits per heavy atom. The number of hydrazone groups is 1. The molecule has 0 aliphatic carbocycles. The van der Waals surface area contributed by atoms with Gasteiger partial charge in [-0.15, -0.1) is 5.10 Å². The lowest BCUT2D eigenvalue weighted by atomic mass is 9.99. The van der Waals surface area contributed by atoms with Gasteiger partial charge in [-0.25, -0.2) is 29.4 Å². The van der Waals surface area contributed by atoms with Crippen molar-refractivity contribution < 1.29 is 18.1 Å². The number of hydrazine groups is 1. The van der Waals surface area contributed by atoms with Crippen molar-refractivity contribution in [1.82, 2.24) is 24.9 Å². The number of aromatic nitrogens is 4. The molecule has 2 aromatic carbocycles. The summed E-state index contributed by atoms with van der Waals surface area (Å²) in [6, 6.07) is 11.5. The van der Waals surface area contributed by atoms with Crippen LogP contribution in [0.15, 0.2) is 69.1 Å². The Balaban J connectivity index is 1.44. The van der Waals surface area contributed by atoms with Crippen LogP contribution in [0.1, 0.15) is 21.8 Å². The molecule has 0 bridgehead atoms. The van der Waals surface area contributed by atoms with Gasteiger partial charge < -0.3 is 15.6 Å². The van der Waals surface area contributed by atoms with Crippen LogP contribution in [0.2, 0.25) is 5.02 Å². The predicted molar refractivity (Wildman–Crippen MR) is 147 cm³/mol. The zero-order valence-corrected chi connectivity index (χ0v) is 21.9. The number of carbonyl (C=O) groups is 1. The van der Waals surface area contributed by atoms with Gasteiger partial charge in [0, 0.05) is 23.8 Å². The molecule has 0 atom stereocenters. The second-order valence-electron chi connectivity index (χ2n) is 8.65. The van der Waals surface area contributed by atoms with Crippen molar-refractivity contribution in [2.45, 2.75) is 6.54 Å². The lowest BCUT2D eigenvalue weighted by Gasteiger charge is -2.14. The highest BCUT2D eigenvalue weighted by Crippen LogP contribution is 2.30. The van der Waals surface area contributed by atoms with E-state index in [-0.39, 0.29) is 51.5 Å². The maximum Gasteiger partial charge on any atom is 0.308 e. The van der Waals surface area contributed by atoms with Crippen LogP contribution < -0.4 is 27.9 Å². The molecule has 0 saturated carbocycles. The molecule has 5 aromatic rings. The van der Waals surface area contributed by atoms with Gasteiger partial charge >= 0.3 is 5.91 Å². The highest BCUT2D eigenvalue weighted by molar-refractivity contribution is 6.31. The summed E-state index contributed by atoms with van der Waals surface area (Å²) in [5.41, 5.74) is 9.20. The number of aromatic amines is 1. The van der Waals surface area contributed by atoms with Crippen LogP contribution >= 0.6 is 11.6 Å². The van der Waals surface area contributed by atoms with Crippen LogP contribution in [0.3, 0.4) is 0 Å². The first-order valence-electron chi connectivity index (χ1n) is 11.8. The quantitative estimate of drug-likeness (QED) is 0.0793. The maximum atomic E-state index is 15.3. The molecule has 1 amide bonds. The molecule has 0 saturated heterocycles. The minimum absolute atomic E-state index is 0.0114. The van der Waals surface area contributed by atoms with E-state index in [9.17, 15) is 14.0 Å². The van der Waals surface area contributed by atoms with Gasteiger partial charge in [-0.3, -0.25) is 20.0 Å². The number of nitrogens with zero attached hydrogens (tertiary/aromatic N) is 5. The number of H-pyrrole nitrogens is 1. The summed E-state index contributed by atoms with van der Waals surface area (Å²) in [4.78, 5) is 32.6. The van der Waals surface area contributed by atoms with Gasteiger partial charge in [0.15, 0.2) is 5.84 Å². The second kappa shape index (κ2) is 11.1. The molecule has 41 heavy (non-hydrogen) atoms. The third-order valence-electron chi connectivity index (χ3n) is 5.74. The third kappa shape index (κ3) is 5.70. The lowest BCUT2D eigenvalue weighted by Crippen LogP contribution is -2.26. The van der Waals surface area contributed by atoms with E-state index in [2.05, 4.69) is 25.8 Å². The first kappa shape index (κ1) is 27.3. The van der Waals surface area contributed by atoms with Crippen molar-refractivity contribution in [2.24, 2.45) is 16.7 Å². The molecule has 13 nitrogen and oxygen atoms in total. The van der Waals surface area contributed by atoms with Crippen molar-refractivity contribution in [2.75, 3.05) is 17.8 Å². The number of hydrogen-bond acceptors (Lipinski definition) is 9. The lowest BCUT2D eigenvalue weighted by molar-refractivity contribution is 0.0973. The van der Waals surface area contributed by atoms with E-state index in [1.807, 2.05) is 5.16 Å². The van der Waals surface area contributed by atoms with E-state index in [4.69, 9.17) is 27.7 Å². The van der Waals surface area contributed by atoms with Crippen LogP contribution in [0, 0.1) is 11.6 Å². The van der Waals surface area contributed by atoms with E-state index in [1.165, 1.54) is 24.0 Å². The van der Waals surface area contributed by atoms with Crippen molar-refractivity contribution >= 4 is 40.3 Å². The van der Waals surface area contributed by atoms with Crippen LogP contribution in [0.5, 0.6) is 0 Å². The summed E-state index contributed by atoms with van der Waals surface area (Å²) in [6.07, 6.45) is 1.33. The summed E-state index contributed by atoms with van der Waals surface area (Å²) in [5.74, 6) is 2.93. The third-order valence-corrected chi connectivity index (χ3v) is 5.96. The van der Waals surface area contributed by atoms with Gasteiger partial charge in [-0.2, -0.15) is 5.16 Å². The van der Waals surface area contributed by atoms with Crippen molar-refractivity contribution in [3.05, 3.63) is 98.8 Å². The van der Waals surface area contributed by atoms with Crippen molar-refractivity contribution in [3.63, 3.8) is 0 Å². The summed E-state index contributed by atoms with van der Waals surface area (Å²) in [5, 5.41) is 9.78. The highest BCUT2D eigenvalue weighted by Gasteiger charge is 2.20. The smallest absolute Gasteiger partial charge is 0.308 e. The molecule has 3 heterocycles. The second-order valence-corrected chi connectivity index (χ2v) is 9.09. The molecule has 0 radical (unpaired) electrons. The zero-order chi connectivity index (χ0) is 29.3. The Bertz CT molecular complexity index is 1860. The molecule has 7 N–H and O–H groups in total. The first-order valence-corrected chi connectivity index (χ1v) is 12.2. The molecule has 16 heteroatoms. The Labute approximate surface area is 234 Å². The number of carbonyl (C=O) groups excluding carboxylic acids is 1. The number of benzene rings is 2. The van der Waals surface area contributed by atoms with E-state index in [0.717, 1.165) is 23.3 Å². The van der Waals surface area contributed by atoms with Gasteiger partial charge in [0.25, 0.3) is 5.56 Å². The number of nitrogens with two attached hydrogens (primary N) is 2. The topological polar surface area (TPSA) is 185 Å². The summed E-state index contributed by atoms with van der Waals surface area (Å²) >= 11 is 6.05. The number of nitrogens with one attached hydrogen (secondary N) is 3. The standard InChI is InChI=1S/C25H21ClF2N10O3/c1-37(30)34-23(29)22-14(7-13(26)8-16(22)28)12-6-15(27)18(31-10-12)11-32-25-33-17-4-2-3-5-19(17)38(25)35-24(40)20-9-21(39)36-41-20/h2-10H,11,30H2,1H3,(H2,29,34)(H,32,33)(H,35,40)(H,36,39). The van der Waals surface area contributed by atoms with E-state index < -0.39 is 23.1 Å². The van der Waals surface area contributed by atoms with Gasteiger partial charge in [0.1, 0.15) is 11.6 Å². The average Bonchev–Trinajstić information content (AvgIpc) is 3.50. The maximum absolute atomic E-state index is 15.3.